The maximum absolute atomic E-state index is 9.45. The molecule has 0 aromatic heterocycles. The summed E-state index contributed by atoms with van der Waals surface area (Å²) in [5.41, 5.74) is 0. The smallest absolute Gasteiger partial charge is 0.0639 e. The van der Waals surface area contributed by atoms with Crippen molar-refractivity contribution in [3.8, 4) is 0 Å². The van der Waals surface area contributed by atoms with Crippen molar-refractivity contribution < 1.29 is 5.11 Å². The predicted octanol–water partition coefficient (Wildman–Crippen LogP) is 2.27. The van der Waals surface area contributed by atoms with Crippen molar-refractivity contribution in [1.82, 2.24) is 4.90 Å². The Morgan fingerprint density at radius 1 is 1.14 bits per heavy atom. The van der Waals surface area contributed by atoms with E-state index in [1.54, 1.807) is 0 Å². The zero-order chi connectivity index (χ0) is 10.6. The second-order valence-corrected chi connectivity index (χ2v) is 5.14. The molecule has 0 bridgehead atoms. The quantitative estimate of drug-likeness (QED) is 0.734. The van der Waals surface area contributed by atoms with Gasteiger partial charge in [-0.1, -0.05) is 26.7 Å². The van der Waals surface area contributed by atoms with Gasteiger partial charge < -0.3 is 5.11 Å². The fourth-order valence-electron chi connectivity index (χ4n) is 2.45. The van der Waals surface area contributed by atoms with Crippen molar-refractivity contribution in [2.75, 3.05) is 13.1 Å². The SMILES string of the molecule is CC(C)CN(C[C@@H](C)O)C1CCCC1. The molecule has 2 heteroatoms. The molecule has 0 spiro atoms. The van der Waals surface area contributed by atoms with Crippen LogP contribution in [0.5, 0.6) is 0 Å². The minimum atomic E-state index is -0.186. The summed E-state index contributed by atoms with van der Waals surface area (Å²) in [6.07, 6.45) is 5.23. The van der Waals surface area contributed by atoms with Gasteiger partial charge in [-0.05, 0) is 25.7 Å². The van der Waals surface area contributed by atoms with Gasteiger partial charge in [0.2, 0.25) is 0 Å². The summed E-state index contributed by atoms with van der Waals surface area (Å²) in [5, 5.41) is 9.45. The van der Waals surface area contributed by atoms with Crippen LogP contribution in [0.3, 0.4) is 0 Å². The van der Waals surface area contributed by atoms with Crippen LogP contribution >= 0.6 is 0 Å². The molecule has 1 saturated carbocycles. The fourth-order valence-corrected chi connectivity index (χ4v) is 2.45. The summed E-state index contributed by atoms with van der Waals surface area (Å²) >= 11 is 0. The number of aliphatic hydroxyl groups excluding tert-OH is 1. The first-order chi connectivity index (χ1) is 6.59. The third-order valence-electron chi connectivity index (χ3n) is 2.94. The van der Waals surface area contributed by atoms with Crippen molar-refractivity contribution in [3.05, 3.63) is 0 Å². The first-order valence-electron chi connectivity index (χ1n) is 6.01. The van der Waals surface area contributed by atoms with Crippen LogP contribution in [-0.4, -0.2) is 35.2 Å². The lowest BCUT2D eigenvalue weighted by Gasteiger charge is -2.31. The zero-order valence-electron chi connectivity index (χ0n) is 9.87. The first-order valence-corrected chi connectivity index (χ1v) is 6.01. The topological polar surface area (TPSA) is 23.5 Å². The predicted molar refractivity (Wildman–Crippen MR) is 60.3 cm³/mol. The molecule has 0 radical (unpaired) electrons. The molecule has 0 saturated heterocycles. The summed E-state index contributed by atoms with van der Waals surface area (Å²) in [4.78, 5) is 2.49. The Hall–Kier alpha value is -0.0800. The number of hydrogen-bond acceptors (Lipinski definition) is 2. The molecule has 1 aliphatic rings. The fraction of sp³-hybridized carbons (Fsp3) is 1.00. The maximum Gasteiger partial charge on any atom is 0.0639 e. The van der Waals surface area contributed by atoms with Crippen LogP contribution in [-0.2, 0) is 0 Å². The number of nitrogens with zero attached hydrogens (tertiary/aromatic N) is 1. The minimum Gasteiger partial charge on any atom is -0.392 e. The van der Waals surface area contributed by atoms with Crippen LogP contribution in [0.25, 0.3) is 0 Å². The average Bonchev–Trinajstić information content (AvgIpc) is 2.52. The highest BCUT2D eigenvalue weighted by molar-refractivity contribution is 4.79. The van der Waals surface area contributed by atoms with Crippen LogP contribution in [0.4, 0.5) is 0 Å². The van der Waals surface area contributed by atoms with Gasteiger partial charge in [-0.15, -0.1) is 0 Å². The highest BCUT2D eigenvalue weighted by Crippen LogP contribution is 2.24. The summed E-state index contributed by atoms with van der Waals surface area (Å²) in [6, 6.07) is 0.743. The van der Waals surface area contributed by atoms with E-state index in [1.807, 2.05) is 6.92 Å². The molecule has 1 rings (SSSR count). The molecule has 1 atom stereocenters. The van der Waals surface area contributed by atoms with E-state index in [4.69, 9.17) is 0 Å². The van der Waals surface area contributed by atoms with Gasteiger partial charge in [0.05, 0.1) is 6.10 Å². The first kappa shape index (κ1) is 12.0. The third kappa shape index (κ3) is 3.97. The molecule has 0 aromatic rings. The Bertz CT molecular complexity index is 140. The van der Waals surface area contributed by atoms with E-state index in [1.165, 1.54) is 25.7 Å². The van der Waals surface area contributed by atoms with Gasteiger partial charge in [-0.2, -0.15) is 0 Å². The standard InChI is InChI=1S/C12H25NO/c1-10(2)8-13(9-11(3)14)12-6-4-5-7-12/h10-12,14H,4-9H2,1-3H3/t11-/m1/s1. The molecular weight excluding hydrogens is 174 g/mol. The van der Waals surface area contributed by atoms with Crippen molar-refractivity contribution >= 4 is 0 Å². The molecule has 0 heterocycles. The number of hydrogen-bond donors (Lipinski definition) is 1. The van der Waals surface area contributed by atoms with Gasteiger partial charge in [0.1, 0.15) is 0 Å². The van der Waals surface area contributed by atoms with Crippen molar-refractivity contribution in [2.45, 2.75) is 58.6 Å². The van der Waals surface area contributed by atoms with Gasteiger partial charge in [-0.25, -0.2) is 0 Å². The third-order valence-corrected chi connectivity index (χ3v) is 2.94. The lowest BCUT2D eigenvalue weighted by molar-refractivity contribution is 0.0902. The highest BCUT2D eigenvalue weighted by Gasteiger charge is 2.23. The van der Waals surface area contributed by atoms with E-state index >= 15 is 0 Å². The van der Waals surface area contributed by atoms with Crippen LogP contribution in [0.15, 0.2) is 0 Å². The van der Waals surface area contributed by atoms with Crippen molar-refractivity contribution in [1.29, 1.82) is 0 Å². The lowest BCUT2D eigenvalue weighted by Crippen LogP contribution is -2.40. The summed E-state index contributed by atoms with van der Waals surface area (Å²) < 4.78 is 0. The van der Waals surface area contributed by atoms with E-state index in [9.17, 15) is 5.11 Å². The van der Waals surface area contributed by atoms with E-state index in [0.29, 0.717) is 5.92 Å². The van der Waals surface area contributed by atoms with Gasteiger partial charge in [0, 0.05) is 19.1 Å². The van der Waals surface area contributed by atoms with E-state index in [0.717, 1.165) is 19.1 Å². The van der Waals surface area contributed by atoms with Crippen LogP contribution in [0, 0.1) is 5.92 Å². The van der Waals surface area contributed by atoms with Crippen LogP contribution in [0.1, 0.15) is 46.5 Å². The minimum absolute atomic E-state index is 0.186. The lowest BCUT2D eigenvalue weighted by atomic mass is 10.1. The van der Waals surface area contributed by atoms with Crippen LogP contribution < -0.4 is 0 Å². The van der Waals surface area contributed by atoms with Gasteiger partial charge in [-0.3, -0.25) is 4.90 Å². The Kier molecular flexibility index (Phi) is 4.90. The van der Waals surface area contributed by atoms with E-state index in [2.05, 4.69) is 18.7 Å². The van der Waals surface area contributed by atoms with Crippen molar-refractivity contribution in [2.24, 2.45) is 5.92 Å². The molecule has 0 aliphatic heterocycles. The Morgan fingerprint density at radius 3 is 2.14 bits per heavy atom. The molecule has 1 aliphatic carbocycles. The van der Waals surface area contributed by atoms with Crippen molar-refractivity contribution in [3.63, 3.8) is 0 Å². The Balaban J connectivity index is 2.42. The summed E-state index contributed by atoms with van der Waals surface area (Å²) in [5.74, 6) is 0.703. The molecule has 1 N–H and O–H groups in total. The molecule has 0 amide bonds. The zero-order valence-corrected chi connectivity index (χ0v) is 9.87. The van der Waals surface area contributed by atoms with Gasteiger partial charge >= 0.3 is 0 Å². The largest absolute Gasteiger partial charge is 0.392 e. The second-order valence-electron chi connectivity index (χ2n) is 5.14. The molecule has 84 valence electrons. The highest BCUT2D eigenvalue weighted by atomic mass is 16.3. The van der Waals surface area contributed by atoms with Gasteiger partial charge in [0.25, 0.3) is 0 Å². The van der Waals surface area contributed by atoms with E-state index in [-0.39, 0.29) is 6.10 Å². The van der Waals surface area contributed by atoms with Crippen LogP contribution in [0.2, 0.25) is 0 Å². The number of rotatable bonds is 5. The summed E-state index contributed by atoms with van der Waals surface area (Å²) in [6.45, 7) is 8.38. The second kappa shape index (κ2) is 5.72. The molecule has 1 fully saturated rings. The number of aliphatic hydroxyl groups is 1. The molecule has 2 nitrogen and oxygen atoms in total. The maximum atomic E-state index is 9.45. The normalized spacial score (nSPS) is 21.0. The van der Waals surface area contributed by atoms with Gasteiger partial charge in [0.15, 0.2) is 0 Å². The monoisotopic (exact) mass is 199 g/mol. The molecule has 0 unspecified atom stereocenters. The molecule has 0 aromatic carbocycles. The van der Waals surface area contributed by atoms with E-state index < -0.39 is 0 Å². The molecule has 14 heavy (non-hydrogen) atoms. The summed E-state index contributed by atoms with van der Waals surface area (Å²) in [7, 11) is 0. The Morgan fingerprint density at radius 2 is 1.71 bits per heavy atom. The Labute approximate surface area is 88.3 Å². The molecular formula is C12H25NO. The average molecular weight is 199 g/mol.